The van der Waals surface area contributed by atoms with E-state index < -0.39 is 21.7 Å². The van der Waals surface area contributed by atoms with Crippen LogP contribution in [0.1, 0.15) is 10.4 Å². The van der Waals surface area contributed by atoms with Gasteiger partial charge in [-0.3, -0.25) is 9.52 Å². The molecule has 0 unspecified atom stereocenters. The molecule has 3 aromatic rings. The van der Waals surface area contributed by atoms with E-state index in [1.54, 1.807) is 24.3 Å². The number of carbonyl (C=O) groups is 1. The van der Waals surface area contributed by atoms with Crippen LogP contribution in [0.3, 0.4) is 0 Å². The summed E-state index contributed by atoms with van der Waals surface area (Å²) in [7, 11) is -3.82. The molecule has 3 rings (SSSR count). The van der Waals surface area contributed by atoms with Gasteiger partial charge in [-0.15, -0.1) is 0 Å². The van der Waals surface area contributed by atoms with Crippen molar-refractivity contribution < 1.29 is 17.6 Å². The van der Waals surface area contributed by atoms with Crippen molar-refractivity contribution in [2.75, 3.05) is 10.0 Å². The van der Waals surface area contributed by atoms with Crippen LogP contribution < -0.4 is 10.0 Å². The van der Waals surface area contributed by atoms with E-state index in [2.05, 4.69) is 10.0 Å². The Hall–Kier alpha value is -2.90. The lowest BCUT2D eigenvalue weighted by Crippen LogP contribution is -2.15. The van der Waals surface area contributed by atoms with E-state index in [0.717, 1.165) is 0 Å². The zero-order valence-corrected chi connectivity index (χ0v) is 15.4. The summed E-state index contributed by atoms with van der Waals surface area (Å²) < 4.78 is 40.9. The Bertz CT molecular complexity index is 1090. The molecule has 0 bridgehead atoms. The van der Waals surface area contributed by atoms with Crippen LogP contribution in [0.4, 0.5) is 15.8 Å². The number of hydrogen-bond donors (Lipinski definition) is 2. The van der Waals surface area contributed by atoms with E-state index in [9.17, 15) is 17.6 Å². The molecule has 8 heteroatoms. The van der Waals surface area contributed by atoms with E-state index in [0.29, 0.717) is 16.4 Å². The molecule has 0 aromatic heterocycles. The minimum atomic E-state index is -3.82. The molecule has 3 aromatic carbocycles. The van der Waals surface area contributed by atoms with Gasteiger partial charge >= 0.3 is 0 Å². The largest absolute Gasteiger partial charge is 0.322 e. The first-order chi connectivity index (χ1) is 12.8. The lowest BCUT2D eigenvalue weighted by Gasteiger charge is -2.10. The summed E-state index contributed by atoms with van der Waals surface area (Å²) in [6.07, 6.45) is 0. The molecule has 27 heavy (non-hydrogen) atoms. The molecule has 0 heterocycles. The third kappa shape index (κ3) is 4.64. The first-order valence-electron chi connectivity index (χ1n) is 7.79. The number of hydrogen-bond acceptors (Lipinski definition) is 3. The van der Waals surface area contributed by atoms with Gasteiger partial charge < -0.3 is 5.32 Å². The average Bonchev–Trinajstić information content (AvgIpc) is 2.62. The molecule has 0 aliphatic carbocycles. The summed E-state index contributed by atoms with van der Waals surface area (Å²) >= 11 is 5.85. The molecule has 0 aliphatic rings. The summed E-state index contributed by atoms with van der Waals surface area (Å²) in [5, 5.41) is 2.93. The molecule has 0 spiro atoms. The van der Waals surface area contributed by atoms with Crippen molar-refractivity contribution in [1.82, 2.24) is 0 Å². The van der Waals surface area contributed by atoms with E-state index in [4.69, 9.17) is 11.6 Å². The molecule has 0 saturated carbocycles. The van der Waals surface area contributed by atoms with E-state index >= 15 is 0 Å². The van der Waals surface area contributed by atoms with Crippen LogP contribution in [0, 0.1) is 5.82 Å². The van der Waals surface area contributed by atoms with Gasteiger partial charge in [0.15, 0.2) is 0 Å². The van der Waals surface area contributed by atoms with Crippen LogP contribution in [-0.2, 0) is 10.0 Å². The Kier molecular flexibility index (Phi) is 5.43. The van der Waals surface area contributed by atoms with Crippen LogP contribution in [0.2, 0.25) is 5.02 Å². The van der Waals surface area contributed by atoms with Gasteiger partial charge in [-0.25, -0.2) is 12.8 Å². The molecule has 1 amide bonds. The molecule has 0 radical (unpaired) electrons. The number of sulfonamides is 1. The van der Waals surface area contributed by atoms with E-state index in [1.165, 1.54) is 48.5 Å². The number of halogens is 2. The first-order valence-corrected chi connectivity index (χ1v) is 9.65. The maximum atomic E-state index is 13.6. The van der Waals surface area contributed by atoms with Crippen LogP contribution in [0.5, 0.6) is 0 Å². The number of rotatable bonds is 5. The summed E-state index contributed by atoms with van der Waals surface area (Å²) in [5.41, 5.74) is 0.571. The number of carbonyl (C=O) groups excluding carboxylic acids is 1. The number of benzene rings is 3. The Morgan fingerprint density at radius 1 is 0.889 bits per heavy atom. The van der Waals surface area contributed by atoms with Crippen LogP contribution in [-0.4, -0.2) is 14.3 Å². The lowest BCUT2D eigenvalue weighted by atomic mass is 10.2. The molecule has 0 atom stereocenters. The average molecular weight is 405 g/mol. The van der Waals surface area contributed by atoms with Gasteiger partial charge in [0, 0.05) is 10.7 Å². The lowest BCUT2D eigenvalue weighted by molar-refractivity contribution is 0.102. The van der Waals surface area contributed by atoms with Gasteiger partial charge in [0.2, 0.25) is 0 Å². The summed E-state index contributed by atoms with van der Waals surface area (Å²) in [6, 6.07) is 17.4. The van der Waals surface area contributed by atoms with Crippen molar-refractivity contribution in [3.63, 3.8) is 0 Å². The normalized spacial score (nSPS) is 11.0. The van der Waals surface area contributed by atoms with Crippen molar-refractivity contribution in [3.05, 3.63) is 89.2 Å². The SMILES string of the molecule is O=C(Nc1ccc(S(=O)(=O)Nc2cccc(Cl)c2)cc1)c1ccccc1F. The fourth-order valence-electron chi connectivity index (χ4n) is 2.33. The van der Waals surface area contributed by atoms with Gasteiger partial charge in [0.1, 0.15) is 5.82 Å². The summed E-state index contributed by atoms with van der Waals surface area (Å²) in [6.45, 7) is 0. The maximum absolute atomic E-state index is 13.6. The van der Waals surface area contributed by atoms with Crippen molar-refractivity contribution in [3.8, 4) is 0 Å². The first kappa shape index (κ1) is 18.9. The highest BCUT2D eigenvalue weighted by Crippen LogP contribution is 2.21. The van der Waals surface area contributed by atoms with Crippen molar-refractivity contribution in [1.29, 1.82) is 0 Å². The van der Waals surface area contributed by atoms with Crippen LogP contribution in [0.15, 0.2) is 77.7 Å². The molecule has 2 N–H and O–H groups in total. The fourth-order valence-corrected chi connectivity index (χ4v) is 3.57. The van der Waals surface area contributed by atoms with Crippen LogP contribution >= 0.6 is 11.6 Å². The third-order valence-electron chi connectivity index (χ3n) is 3.62. The second-order valence-corrected chi connectivity index (χ2v) is 7.69. The molecule has 138 valence electrons. The van der Waals surface area contributed by atoms with Crippen molar-refractivity contribution in [2.24, 2.45) is 0 Å². The predicted molar refractivity (Wildman–Crippen MR) is 103 cm³/mol. The van der Waals surface area contributed by atoms with Gasteiger partial charge in [-0.05, 0) is 54.6 Å². The highest BCUT2D eigenvalue weighted by molar-refractivity contribution is 7.92. The molecule has 5 nitrogen and oxygen atoms in total. The Balaban J connectivity index is 1.75. The molecular formula is C19H14ClFN2O3S. The second kappa shape index (κ2) is 7.77. The maximum Gasteiger partial charge on any atom is 0.261 e. The molecule has 0 aliphatic heterocycles. The topological polar surface area (TPSA) is 75.3 Å². The number of nitrogens with one attached hydrogen (secondary N) is 2. The molecule has 0 fully saturated rings. The Morgan fingerprint density at radius 2 is 1.59 bits per heavy atom. The quantitative estimate of drug-likeness (QED) is 0.655. The zero-order chi connectivity index (χ0) is 19.4. The highest BCUT2D eigenvalue weighted by atomic mass is 35.5. The number of amides is 1. The predicted octanol–water partition coefficient (Wildman–Crippen LogP) is 4.53. The van der Waals surface area contributed by atoms with Crippen molar-refractivity contribution in [2.45, 2.75) is 4.90 Å². The molecule has 0 saturated heterocycles. The monoisotopic (exact) mass is 404 g/mol. The standard InChI is InChI=1S/C19H14ClFN2O3S/c20-13-4-3-5-15(12-13)23-27(25,26)16-10-8-14(9-11-16)22-19(24)17-6-1-2-7-18(17)21/h1-12,23H,(H,22,24). The second-order valence-electron chi connectivity index (χ2n) is 5.57. The highest BCUT2D eigenvalue weighted by Gasteiger charge is 2.15. The van der Waals surface area contributed by atoms with Gasteiger partial charge in [0.25, 0.3) is 15.9 Å². The van der Waals surface area contributed by atoms with Gasteiger partial charge in [0.05, 0.1) is 16.1 Å². The Morgan fingerprint density at radius 3 is 2.26 bits per heavy atom. The fraction of sp³-hybridized carbons (Fsp3) is 0. The van der Waals surface area contributed by atoms with Crippen LogP contribution in [0.25, 0.3) is 0 Å². The zero-order valence-electron chi connectivity index (χ0n) is 13.8. The minimum absolute atomic E-state index is 0.00589. The van der Waals surface area contributed by atoms with Gasteiger partial charge in [-0.2, -0.15) is 0 Å². The molecular weight excluding hydrogens is 391 g/mol. The Labute approximate surface area is 160 Å². The third-order valence-corrected chi connectivity index (χ3v) is 5.25. The number of anilines is 2. The van der Waals surface area contributed by atoms with Gasteiger partial charge in [-0.1, -0.05) is 29.8 Å². The smallest absolute Gasteiger partial charge is 0.261 e. The minimum Gasteiger partial charge on any atom is -0.322 e. The van der Waals surface area contributed by atoms with E-state index in [-0.39, 0.29) is 10.5 Å². The summed E-state index contributed by atoms with van der Waals surface area (Å²) in [5.74, 6) is -1.26. The van der Waals surface area contributed by atoms with E-state index in [1.807, 2.05) is 0 Å². The summed E-state index contributed by atoms with van der Waals surface area (Å²) in [4.78, 5) is 12.1. The van der Waals surface area contributed by atoms with Crippen molar-refractivity contribution >= 4 is 38.9 Å².